The number of nitrogens with one attached hydrogen (secondary N) is 1. The highest BCUT2D eigenvalue weighted by Gasteiger charge is 2.22. The molecule has 1 aromatic heterocycles. The summed E-state index contributed by atoms with van der Waals surface area (Å²) in [4.78, 5) is 19.5. The number of morpholine rings is 1. The van der Waals surface area contributed by atoms with E-state index in [2.05, 4.69) is 29.0 Å². The quantitative estimate of drug-likeness (QED) is 0.662. The molecule has 5 nitrogen and oxygen atoms in total. The van der Waals surface area contributed by atoms with Gasteiger partial charge >= 0.3 is 0 Å². The number of anilines is 2. The molecule has 0 radical (unpaired) electrons. The molecule has 2 heterocycles. The van der Waals surface area contributed by atoms with E-state index in [0.717, 1.165) is 40.7 Å². The van der Waals surface area contributed by atoms with Gasteiger partial charge in [0.05, 0.1) is 22.9 Å². The lowest BCUT2D eigenvalue weighted by Gasteiger charge is -2.36. The predicted molar refractivity (Wildman–Crippen MR) is 119 cm³/mol. The predicted octanol–water partition coefficient (Wildman–Crippen LogP) is 4.98. The van der Waals surface area contributed by atoms with Crippen LogP contribution >= 0.6 is 11.3 Å². The minimum Gasteiger partial charge on any atom is -0.372 e. The van der Waals surface area contributed by atoms with Gasteiger partial charge in [-0.1, -0.05) is 12.1 Å². The number of benzene rings is 2. The average Bonchev–Trinajstić information content (AvgIpc) is 3.14. The first kappa shape index (κ1) is 19.6. The van der Waals surface area contributed by atoms with Crippen molar-refractivity contribution in [2.75, 3.05) is 23.3 Å². The Morgan fingerprint density at radius 3 is 2.52 bits per heavy atom. The summed E-state index contributed by atoms with van der Waals surface area (Å²) in [7, 11) is 0. The first-order chi connectivity index (χ1) is 14.0. The maximum Gasteiger partial charge on any atom is 0.255 e. The van der Waals surface area contributed by atoms with Gasteiger partial charge in [-0.25, -0.2) is 4.98 Å². The van der Waals surface area contributed by atoms with E-state index in [0.29, 0.717) is 5.56 Å². The van der Waals surface area contributed by atoms with Crippen molar-refractivity contribution >= 4 is 28.6 Å². The van der Waals surface area contributed by atoms with Gasteiger partial charge in [-0.2, -0.15) is 0 Å². The lowest BCUT2D eigenvalue weighted by atomic mass is 10.1. The summed E-state index contributed by atoms with van der Waals surface area (Å²) in [6.45, 7) is 7.89. The minimum absolute atomic E-state index is 0.119. The van der Waals surface area contributed by atoms with Gasteiger partial charge in [0.1, 0.15) is 0 Å². The van der Waals surface area contributed by atoms with Crippen LogP contribution in [0.5, 0.6) is 0 Å². The zero-order valence-electron chi connectivity index (χ0n) is 16.9. The molecule has 0 unspecified atom stereocenters. The number of amides is 1. The topological polar surface area (TPSA) is 54.5 Å². The zero-order chi connectivity index (χ0) is 20.4. The minimum atomic E-state index is -0.119. The van der Waals surface area contributed by atoms with Crippen LogP contribution in [0.3, 0.4) is 0 Å². The zero-order valence-corrected chi connectivity index (χ0v) is 17.7. The van der Waals surface area contributed by atoms with Crippen LogP contribution in [0, 0.1) is 6.92 Å². The van der Waals surface area contributed by atoms with Gasteiger partial charge in [0.2, 0.25) is 0 Å². The first-order valence-electron chi connectivity index (χ1n) is 9.82. The number of carbonyl (C=O) groups excluding carboxylic acids is 1. The Morgan fingerprint density at radius 2 is 1.86 bits per heavy atom. The molecule has 0 bridgehead atoms. The molecule has 0 saturated carbocycles. The van der Waals surface area contributed by atoms with E-state index in [1.165, 1.54) is 0 Å². The fourth-order valence-corrected chi connectivity index (χ4v) is 4.29. The Bertz CT molecular complexity index is 989. The number of hydrogen-bond donors (Lipinski definition) is 1. The lowest BCUT2D eigenvalue weighted by Crippen LogP contribution is -2.45. The second-order valence-corrected chi connectivity index (χ2v) is 8.56. The molecule has 150 valence electrons. The van der Waals surface area contributed by atoms with Crippen molar-refractivity contribution in [1.29, 1.82) is 0 Å². The summed E-state index contributed by atoms with van der Waals surface area (Å²) in [6, 6.07) is 15.6. The van der Waals surface area contributed by atoms with Crippen LogP contribution in [-0.2, 0) is 4.74 Å². The van der Waals surface area contributed by atoms with Crippen molar-refractivity contribution < 1.29 is 9.53 Å². The number of aromatic nitrogens is 1. The maximum atomic E-state index is 12.7. The van der Waals surface area contributed by atoms with Crippen molar-refractivity contribution in [2.24, 2.45) is 0 Å². The Kier molecular flexibility index (Phi) is 5.65. The van der Waals surface area contributed by atoms with Gasteiger partial charge in [-0.05, 0) is 57.2 Å². The summed E-state index contributed by atoms with van der Waals surface area (Å²) in [5.74, 6) is -0.119. The highest BCUT2D eigenvalue weighted by molar-refractivity contribution is 7.09. The second-order valence-electron chi connectivity index (χ2n) is 7.50. The Labute approximate surface area is 175 Å². The van der Waals surface area contributed by atoms with Crippen molar-refractivity contribution in [3.63, 3.8) is 0 Å². The van der Waals surface area contributed by atoms with Crippen molar-refractivity contribution in [3.8, 4) is 11.3 Å². The molecule has 1 saturated heterocycles. The van der Waals surface area contributed by atoms with E-state index in [9.17, 15) is 4.79 Å². The molecule has 1 amide bonds. The fraction of sp³-hybridized carbons (Fsp3) is 0.304. The largest absolute Gasteiger partial charge is 0.372 e. The van der Waals surface area contributed by atoms with E-state index in [1.807, 2.05) is 60.8 Å². The summed E-state index contributed by atoms with van der Waals surface area (Å²) < 4.78 is 5.80. The molecule has 6 heteroatoms. The van der Waals surface area contributed by atoms with E-state index >= 15 is 0 Å². The number of hydrogen-bond acceptors (Lipinski definition) is 5. The van der Waals surface area contributed by atoms with Crippen molar-refractivity contribution in [2.45, 2.75) is 33.0 Å². The SMILES string of the molecule is Cc1nc(-c2cccc(NC(=O)c3ccc(N4C[C@@H](C)O[C@@H](C)C4)cc3)c2)cs1. The van der Waals surface area contributed by atoms with Crippen LogP contribution in [0.4, 0.5) is 11.4 Å². The smallest absolute Gasteiger partial charge is 0.255 e. The lowest BCUT2D eigenvalue weighted by molar-refractivity contribution is -0.00522. The molecule has 0 aliphatic carbocycles. The molecule has 2 aromatic carbocycles. The van der Waals surface area contributed by atoms with Crippen molar-refractivity contribution in [3.05, 3.63) is 64.5 Å². The summed E-state index contributed by atoms with van der Waals surface area (Å²) in [5, 5.41) is 6.05. The van der Waals surface area contributed by atoms with E-state index in [1.54, 1.807) is 11.3 Å². The Hall–Kier alpha value is -2.70. The van der Waals surface area contributed by atoms with Crippen LogP contribution in [0.1, 0.15) is 29.2 Å². The molecular formula is C23H25N3O2S. The number of ether oxygens (including phenoxy) is 1. The standard InChI is InChI=1S/C23H25N3O2S/c1-15-12-26(13-16(2)28-15)21-9-7-18(8-10-21)23(27)25-20-6-4-5-19(11-20)22-14-29-17(3)24-22/h4-11,14-16H,12-13H2,1-3H3,(H,25,27)/t15-,16+. The third-order valence-corrected chi connectivity index (χ3v) is 5.72. The van der Waals surface area contributed by atoms with Gasteiger partial charge < -0.3 is 15.0 Å². The molecule has 4 rings (SSSR count). The average molecular weight is 408 g/mol. The molecule has 29 heavy (non-hydrogen) atoms. The number of carbonyl (C=O) groups is 1. The molecule has 2 atom stereocenters. The van der Waals surface area contributed by atoms with Crippen molar-refractivity contribution in [1.82, 2.24) is 4.98 Å². The molecule has 1 fully saturated rings. The van der Waals surface area contributed by atoms with Crippen LogP contribution < -0.4 is 10.2 Å². The van der Waals surface area contributed by atoms with Gasteiger partial charge in [0.25, 0.3) is 5.91 Å². The first-order valence-corrected chi connectivity index (χ1v) is 10.7. The van der Waals surface area contributed by atoms with Crippen LogP contribution in [0.15, 0.2) is 53.9 Å². The highest BCUT2D eigenvalue weighted by Crippen LogP contribution is 2.25. The van der Waals surface area contributed by atoms with E-state index in [4.69, 9.17) is 4.74 Å². The fourth-order valence-electron chi connectivity index (χ4n) is 3.67. The Balaban J connectivity index is 1.45. The van der Waals surface area contributed by atoms with Gasteiger partial charge in [-0.3, -0.25) is 4.79 Å². The molecule has 3 aromatic rings. The molecule has 0 spiro atoms. The number of rotatable bonds is 4. The highest BCUT2D eigenvalue weighted by atomic mass is 32.1. The van der Waals surface area contributed by atoms with Gasteiger partial charge in [-0.15, -0.1) is 11.3 Å². The second kappa shape index (κ2) is 8.35. The maximum absolute atomic E-state index is 12.7. The third kappa shape index (κ3) is 4.66. The van der Waals surface area contributed by atoms with Gasteiger partial charge in [0.15, 0.2) is 0 Å². The monoisotopic (exact) mass is 407 g/mol. The van der Waals surface area contributed by atoms with Crippen LogP contribution in [-0.4, -0.2) is 36.2 Å². The summed E-state index contributed by atoms with van der Waals surface area (Å²) >= 11 is 1.62. The van der Waals surface area contributed by atoms with E-state index in [-0.39, 0.29) is 18.1 Å². The summed E-state index contributed by atoms with van der Waals surface area (Å²) in [6.07, 6.45) is 0.408. The van der Waals surface area contributed by atoms with Crippen LogP contribution in [0.2, 0.25) is 0 Å². The molecule has 1 aliphatic heterocycles. The number of thiazole rings is 1. The summed E-state index contributed by atoms with van der Waals surface area (Å²) in [5.41, 5.74) is 4.44. The normalized spacial score (nSPS) is 19.2. The third-order valence-electron chi connectivity index (χ3n) is 4.95. The molecule has 1 N–H and O–H groups in total. The van der Waals surface area contributed by atoms with E-state index < -0.39 is 0 Å². The molecular weight excluding hydrogens is 382 g/mol. The Morgan fingerprint density at radius 1 is 1.14 bits per heavy atom. The number of nitrogens with zero attached hydrogens (tertiary/aromatic N) is 2. The molecule has 1 aliphatic rings. The van der Waals surface area contributed by atoms with Crippen LogP contribution in [0.25, 0.3) is 11.3 Å². The van der Waals surface area contributed by atoms with Gasteiger partial charge in [0, 0.05) is 41.0 Å². The number of aryl methyl sites for hydroxylation is 1.